The quantitative estimate of drug-likeness (QED) is 0.738. The number of aryl methyl sites for hydroxylation is 1. The average Bonchev–Trinajstić information content (AvgIpc) is 3.15. The highest BCUT2D eigenvalue weighted by atomic mass is 32.2. The molecular formula is C20H27N3O4S. The normalized spacial score (nSPS) is 18.2. The Bertz CT molecular complexity index is 964. The van der Waals surface area contributed by atoms with Crippen LogP contribution in [-0.2, 0) is 16.4 Å². The Morgan fingerprint density at radius 3 is 2.54 bits per heavy atom. The summed E-state index contributed by atoms with van der Waals surface area (Å²) in [5.74, 6) is 0.996. The molecule has 8 heteroatoms. The largest absolute Gasteiger partial charge is 0.494 e. The second kappa shape index (κ2) is 7.95. The molecule has 0 spiro atoms. The molecule has 1 atom stereocenters. The molecule has 1 amide bonds. The lowest BCUT2D eigenvalue weighted by molar-refractivity contribution is 0.0784. The summed E-state index contributed by atoms with van der Waals surface area (Å²) in [6.45, 7) is 6.76. The lowest BCUT2D eigenvalue weighted by atomic mass is 10.1. The van der Waals surface area contributed by atoms with E-state index in [1.807, 2.05) is 25.5 Å². The summed E-state index contributed by atoms with van der Waals surface area (Å²) in [7, 11) is -1.22. The van der Waals surface area contributed by atoms with Crippen molar-refractivity contribution in [1.82, 2.24) is 14.7 Å². The third-order valence-electron chi connectivity index (χ3n) is 5.18. The van der Waals surface area contributed by atoms with E-state index in [1.54, 1.807) is 36.2 Å². The monoisotopic (exact) mass is 405 g/mol. The van der Waals surface area contributed by atoms with Gasteiger partial charge in [-0.1, -0.05) is 0 Å². The lowest BCUT2D eigenvalue weighted by Crippen LogP contribution is -2.26. The van der Waals surface area contributed by atoms with Gasteiger partial charge in [0, 0.05) is 30.4 Å². The highest BCUT2D eigenvalue weighted by molar-refractivity contribution is 7.91. The first kappa shape index (κ1) is 20.4. The van der Waals surface area contributed by atoms with Gasteiger partial charge in [-0.2, -0.15) is 5.10 Å². The number of nitrogens with zero attached hydrogens (tertiary/aromatic N) is 3. The fourth-order valence-electron chi connectivity index (χ4n) is 3.64. The molecule has 3 rings (SSSR count). The highest BCUT2D eigenvalue weighted by Gasteiger charge is 2.31. The molecule has 1 aromatic carbocycles. The Balaban J connectivity index is 1.75. The van der Waals surface area contributed by atoms with Crippen LogP contribution < -0.4 is 4.74 Å². The van der Waals surface area contributed by atoms with Crippen LogP contribution in [0.3, 0.4) is 0 Å². The molecule has 0 N–H and O–H groups in total. The standard InChI is InChI=1S/C20H27N3O4S/c1-5-27-18-8-6-16(7-9-18)20(24)22(4)12-19-14(2)21-23(15(19)3)17-10-11-28(25,26)13-17/h6-9,17H,5,10-13H2,1-4H3/t17-/m0/s1. The van der Waals surface area contributed by atoms with Crippen LogP contribution in [0.25, 0.3) is 0 Å². The molecule has 0 aliphatic carbocycles. The van der Waals surface area contributed by atoms with E-state index in [-0.39, 0.29) is 23.5 Å². The van der Waals surface area contributed by atoms with Gasteiger partial charge in [-0.05, 0) is 51.5 Å². The predicted molar refractivity (Wildman–Crippen MR) is 107 cm³/mol. The van der Waals surface area contributed by atoms with Gasteiger partial charge in [-0.3, -0.25) is 9.48 Å². The molecule has 7 nitrogen and oxygen atoms in total. The van der Waals surface area contributed by atoms with Crippen LogP contribution in [0, 0.1) is 13.8 Å². The van der Waals surface area contributed by atoms with Gasteiger partial charge in [-0.25, -0.2) is 8.42 Å². The summed E-state index contributed by atoms with van der Waals surface area (Å²) < 4.78 is 30.8. The summed E-state index contributed by atoms with van der Waals surface area (Å²) in [5.41, 5.74) is 3.31. The van der Waals surface area contributed by atoms with Crippen LogP contribution in [0.2, 0.25) is 0 Å². The maximum Gasteiger partial charge on any atom is 0.253 e. The maximum atomic E-state index is 12.8. The van der Waals surface area contributed by atoms with E-state index in [2.05, 4.69) is 5.10 Å². The molecule has 0 saturated carbocycles. The molecule has 2 aromatic rings. The van der Waals surface area contributed by atoms with Crippen LogP contribution >= 0.6 is 0 Å². The molecule has 1 fully saturated rings. The fraction of sp³-hybridized carbons (Fsp3) is 0.500. The van der Waals surface area contributed by atoms with Crippen LogP contribution in [0.5, 0.6) is 5.75 Å². The van der Waals surface area contributed by atoms with Crippen LogP contribution in [-0.4, -0.2) is 54.2 Å². The molecule has 2 heterocycles. The number of carbonyl (C=O) groups is 1. The topological polar surface area (TPSA) is 81.5 Å². The predicted octanol–water partition coefficient (Wildman–Crippen LogP) is 2.53. The van der Waals surface area contributed by atoms with Crippen molar-refractivity contribution in [2.75, 3.05) is 25.2 Å². The number of hydrogen-bond donors (Lipinski definition) is 0. The molecule has 1 aromatic heterocycles. The number of amides is 1. The van der Waals surface area contributed by atoms with Crippen molar-refractivity contribution in [3.05, 3.63) is 46.8 Å². The molecule has 0 unspecified atom stereocenters. The smallest absolute Gasteiger partial charge is 0.253 e. The first-order valence-corrected chi connectivity index (χ1v) is 11.3. The minimum atomic E-state index is -2.98. The first-order valence-electron chi connectivity index (χ1n) is 9.45. The fourth-order valence-corrected chi connectivity index (χ4v) is 5.33. The molecular weight excluding hydrogens is 378 g/mol. The van der Waals surface area contributed by atoms with E-state index in [0.717, 1.165) is 22.7 Å². The summed E-state index contributed by atoms with van der Waals surface area (Å²) in [4.78, 5) is 14.4. The number of ether oxygens (including phenoxy) is 1. The Morgan fingerprint density at radius 1 is 1.29 bits per heavy atom. The van der Waals surface area contributed by atoms with E-state index in [0.29, 0.717) is 25.1 Å². The molecule has 28 heavy (non-hydrogen) atoms. The van der Waals surface area contributed by atoms with Crippen LogP contribution in [0.1, 0.15) is 46.7 Å². The minimum absolute atomic E-state index is 0.0851. The molecule has 1 saturated heterocycles. The van der Waals surface area contributed by atoms with Crippen molar-refractivity contribution >= 4 is 15.7 Å². The number of benzene rings is 1. The van der Waals surface area contributed by atoms with Crippen LogP contribution in [0.15, 0.2) is 24.3 Å². The van der Waals surface area contributed by atoms with E-state index in [9.17, 15) is 13.2 Å². The van der Waals surface area contributed by atoms with Gasteiger partial charge < -0.3 is 9.64 Å². The Hall–Kier alpha value is -2.35. The minimum Gasteiger partial charge on any atom is -0.494 e. The Kier molecular flexibility index (Phi) is 5.79. The Labute approximate surface area is 166 Å². The first-order chi connectivity index (χ1) is 13.2. The SMILES string of the molecule is CCOc1ccc(C(=O)N(C)Cc2c(C)nn([C@H]3CCS(=O)(=O)C3)c2C)cc1. The Morgan fingerprint density at radius 2 is 1.96 bits per heavy atom. The molecule has 0 bridgehead atoms. The van der Waals surface area contributed by atoms with Crippen LogP contribution in [0.4, 0.5) is 0 Å². The van der Waals surface area contributed by atoms with Gasteiger partial charge in [0.15, 0.2) is 9.84 Å². The van der Waals surface area contributed by atoms with Gasteiger partial charge in [0.1, 0.15) is 5.75 Å². The summed E-state index contributed by atoms with van der Waals surface area (Å²) in [6, 6.07) is 6.98. The van der Waals surface area contributed by atoms with E-state index in [4.69, 9.17) is 4.74 Å². The van der Waals surface area contributed by atoms with Gasteiger partial charge in [0.05, 0.1) is 29.8 Å². The maximum absolute atomic E-state index is 12.8. The molecule has 1 aliphatic heterocycles. The van der Waals surface area contributed by atoms with Gasteiger partial charge in [-0.15, -0.1) is 0 Å². The zero-order chi connectivity index (χ0) is 20.5. The molecule has 0 radical (unpaired) electrons. The van der Waals surface area contributed by atoms with Crippen molar-refractivity contribution in [1.29, 1.82) is 0 Å². The zero-order valence-electron chi connectivity index (χ0n) is 16.8. The lowest BCUT2D eigenvalue weighted by Gasteiger charge is -2.18. The molecule has 1 aliphatic rings. The van der Waals surface area contributed by atoms with E-state index >= 15 is 0 Å². The summed E-state index contributed by atoms with van der Waals surface area (Å²) in [6.07, 6.45) is 0.588. The third kappa shape index (κ3) is 4.22. The average molecular weight is 406 g/mol. The van der Waals surface area contributed by atoms with Gasteiger partial charge >= 0.3 is 0 Å². The summed E-state index contributed by atoms with van der Waals surface area (Å²) in [5, 5.41) is 4.57. The third-order valence-corrected chi connectivity index (χ3v) is 6.93. The van der Waals surface area contributed by atoms with Crippen molar-refractivity contribution in [2.45, 2.75) is 39.8 Å². The zero-order valence-corrected chi connectivity index (χ0v) is 17.6. The second-order valence-corrected chi connectivity index (χ2v) is 9.50. The highest BCUT2D eigenvalue weighted by Crippen LogP contribution is 2.27. The van der Waals surface area contributed by atoms with Crippen molar-refractivity contribution in [3.63, 3.8) is 0 Å². The van der Waals surface area contributed by atoms with Crippen molar-refractivity contribution in [3.8, 4) is 5.75 Å². The number of carbonyl (C=O) groups excluding carboxylic acids is 1. The van der Waals surface area contributed by atoms with E-state index < -0.39 is 9.84 Å². The van der Waals surface area contributed by atoms with Gasteiger partial charge in [0.25, 0.3) is 5.91 Å². The second-order valence-electron chi connectivity index (χ2n) is 7.27. The number of rotatable bonds is 6. The number of hydrogen-bond acceptors (Lipinski definition) is 5. The van der Waals surface area contributed by atoms with Crippen molar-refractivity contribution in [2.24, 2.45) is 0 Å². The van der Waals surface area contributed by atoms with E-state index in [1.165, 1.54) is 0 Å². The van der Waals surface area contributed by atoms with Crippen molar-refractivity contribution < 1.29 is 17.9 Å². The number of sulfone groups is 1. The number of aromatic nitrogens is 2. The molecule has 152 valence electrons. The summed E-state index contributed by atoms with van der Waals surface area (Å²) >= 11 is 0. The van der Waals surface area contributed by atoms with Gasteiger partial charge in [0.2, 0.25) is 0 Å².